The third-order valence-corrected chi connectivity index (χ3v) is 11.4. The maximum absolute atomic E-state index is 9.78. The van der Waals surface area contributed by atoms with Crippen LogP contribution in [0.1, 0.15) is 27.8 Å². The molecule has 0 atom stereocenters. The van der Waals surface area contributed by atoms with Gasteiger partial charge in [-0.1, -0.05) is 133 Å². The number of nitriles is 1. The van der Waals surface area contributed by atoms with E-state index in [1.165, 1.54) is 76.8 Å². The molecule has 0 aliphatic heterocycles. The summed E-state index contributed by atoms with van der Waals surface area (Å²) in [5.74, 6) is 0. The molecule has 0 unspecified atom stereocenters. The first-order valence-electron chi connectivity index (χ1n) is 15.7. The van der Waals surface area contributed by atoms with Gasteiger partial charge in [-0.25, -0.2) is 0 Å². The highest BCUT2D eigenvalue weighted by molar-refractivity contribution is 7.26. The average molecular weight is 600 g/mol. The molecule has 1 heterocycles. The maximum Gasteiger partial charge on any atom is 0.101 e. The largest absolute Gasteiger partial charge is 0.192 e. The Kier molecular flexibility index (Phi) is 5.21. The van der Waals surface area contributed by atoms with Crippen molar-refractivity contribution in [1.29, 1.82) is 5.26 Å². The van der Waals surface area contributed by atoms with E-state index >= 15 is 0 Å². The first-order chi connectivity index (χ1) is 22.8. The lowest BCUT2D eigenvalue weighted by Crippen LogP contribution is -2.25. The van der Waals surface area contributed by atoms with Gasteiger partial charge in [0.15, 0.2) is 0 Å². The van der Waals surface area contributed by atoms with E-state index in [2.05, 4.69) is 146 Å². The lowest BCUT2D eigenvalue weighted by Gasteiger charge is -2.30. The second-order valence-electron chi connectivity index (χ2n) is 12.3. The standard InChI is InChI=1S/C44H25NS/c45-26-30-12-8-17-36-37-18-9-16-31(43(37)46-42(30)36)29-11-7-10-27(24-29)28-22-23-35-34-15-3-6-21-40(34)44(41(35)25-28)38-19-4-1-13-32(38)33-14-2-5-20-39(33)44/h1-25H. The van der Waals surface area contributed by atoms with Gasteiger partial charge in [0.05, 0.1) is 15.7 Å². The summed E-state index contributed by atoms with van der Waals surface area (Å²) in [4.78, 5) is 0. The smallest absolute Gasteiger partial charge is 0.101 e. The number of rotatable bonds is 2. The molecule has 1 aromatic heterocycles. The molecule has 8 aromatic rings. The summed E-state index contributed by atoms with van der Waals surface area (Å²) in [6, 6.07) is 57.9. The predicted octanol–water partition coefficient (Wildman–Crippen LogP) is 11.6. The topological polar surface area (TPSA) is 23.8 Å². The zero-order valence-electron chi connectivity index (χ0n) is 24.8. The van der Waals surface area contributed by atoms with Gasteiger partial charge in [-0.05, 0) is 85.0 Å². The molecule has 2 aliphatic carbocycles. The van der Waals surface area contributed by atoms with Crippen molar-refractivity contribution in [3.8, 4) is 50.6 Å². The summed E-state index contributed by atoms with van der Waals surface area (Å²) >= 11 is 1.72. The third-order valence-electron chi connectivity index (χ3n) is 10.1. The summed E-state index contributed by atoms with van der Waals surface area (Å²) in [5.41, 5.74) is 15.9. The molecule has 0 radical (unpaired) electrons. The van der Waals surface area contributed by atoms with Crippen molar-refractivity contribution in [2.45, 2.75) is 5.41 Å². The SMILES string of the molecule is N#Cc1cccc2c1sc1c(-c3cccc(-c4ccc5c(c4)C4(c6ccccc6-c6ccccc64)c4ccccc4-5)c3)cccc12. The van der Waals surface area contributed by atoms with Gasteiger partial charge in [-0.3, -0.25) is 0 Å². The molecular weight excluding hydrogens is 575 g/mol. The van der Waals surface area contributed by atoms with Crippen LogP contribution in [0, 0.1) is 11.3 Å². The van der Waals surface area contributed by atoms with Gasteiger partial charge in [-0.15, -0.1) is 11.3 Å². The van der Waals surface area contributed by atoms with E-state index in [4.69, 9.17) is 0 Å². The van der Waals surface area contributed by atoms with E-state index in [1.807, 2.05) is 12.1 Å². The van der Waals surface area contributed by atoms with Crippen LogP contribution in [0.15, 0.2) is 152 Å². The van der Waals surface area contributed by atoms with Crippen molar-refractivity contribution in [3.63, 3.8) is 0 Å². The van der Waals surface area contributed by atoms with Crippen LogP contribution in [0.4, 0.5) is 0 Å². The van der Waals surface area contributed by atoms with Crippen molar-refractivity contribution in [2.75, 3.05) is 0 Å². The van der Waals surface area contributed by atoms with Crippen LogP contribution in [0.3, 0.4) is 0 Å². The summed E-state index contributed by atoms with van der Waals surface area (Å²) < 4.78 is 2.28. The van der Waals surface area contributed by atoms with Gasteiger partial charge < -0.3 is 0 Å². The average Bonchev–Trinajstić information content (AvgIpc) is 3.76. The van der Waals surface area contributed by atoms with Crippen LogP contribution in [0.2, 0.25) is 0 Å². The molecule has 2 heteroatoms. The lowest BCUT2D eigenvalue weighted by atomic mass is 9.70. The predicted molar refractivity (Wildman–Crippen MR) is 191 cm³/mol. The summed E-state index contributed by atoms with van der Waals surface area (Å²) in [6.07, 6.45) is 0. The minimum Gasteiger partial charge on any atom is -0.192 e. The Hall–Kier alpha value is -5.75. The van der Waals surface area contributed by atoms with Crippen molar-refractivity contribution in [2.24, 2.45) is 0 Å². The molecule has 2 aliphatic rings. The zero-order chi connectivity index (χ0) is 30.4. The molecule has 10 rings (SSSR count). The van der Waals surface area contributed by atoms with Gasteiger partial charge in [0.2, 0.25) is 0 Å². The molecule has 1 spiro atoms. The van der Waals surface area contributed by atoms with Crippen LogP contribution in [0.5, 0.6) is 0 Å². The Morgan fingerprint density at radius 1 is 0.413 bits per heavy atom. The highest BCUT2D eigenvalue weighted by Gasteiger charge is 2.51. The quantitative estimate of drug-likeness (QED) is 0.194. The fourth-order valence-corrected chi connectivity index (χ4v) is 9.58. The number of fused-ring (bicyclic) bond motifs is 13. The highest BCUT2D eigenvalue weighted by Crippen LogP contribution is 2.63. The first kappa shape index (κ1) is 25.6. The molecule has 1 nitrogen and oxygen atoms in total. The van der Waals surface area contributed by atoms with Gasteiger partial charge in [0.25, 0.3) is 0 Å². The van der Waals surface area contributed by atoms with Crippen LogP contribution in [0.25, 0.3) is 64.7 Å². The Bertz CT molecular complexity index is 2550. The van der Waals surface area contributed by atoms with Crippen molar-refractivity contribution < 1.29 is 0 Å². The van der Waals surface area contributed by atoms with Gasteiger partial charge in [0.1, 0.15) is 6.07 Å². The van der Waals surface area contributed by atoms with Crippen molar-refractivity contribution in [1.82, 2.24) is 0 Å². The van der Waals surface area contributed by atoms with E-state index < -0.39 is 0 Å². The third kappa shape index (κ3) is 3.23. The number of benzene rings is 7. The minimum atomic E-state index is -0.353. The molecule has 0 saturated carbocycles. The molecule has 0 saturated heterocycles. The second-order valence-corrected chi connectivity index (χ2v) is 13.3. The molecule has 46 heavy (non-hydrogen) atoms. The van der Waals surface area contributed by atoms with E-state index in [9.17, 15) is 5.26 Å². The summed E-state index contributed by atoms with van der Waals surface area (Å²) in [6.45, 7) is 0. The van der Waals surface area contributed by atoms with Gasteiger partial charge in [0, 0.05) is 15.5 Å². The monoisotopic (exact) mass is 599 g/mol. The maximum atomic E-state index is 9.78. The Morgan fingerprint density at radius 3 is 1.61 bits per heavy atom. The van der Waals surface area contributed by atoms with Crippen molar-refractivity contribution in [3.05, 3.63) is 179 Å². The van der Waals surface area contributed by atoms with Crippen LogP contribution < -0.4 is 0 Å². The van der Waals surface area contributed by atoms with E-state index in [-0.39, 0.29) is 5.41 Å². The second kappa shape index (κ2) is 9.38. The molecular formula is C44H25NS. The highest BCUT2D eigenvalue weighted by atomic mass is 32.1. The normalized spacial score (nSPS) is 13.4. The van der Waals surface area contributed by atoms with E-state index in [1.54, 1.807) is 11.3 Å². The fraction of sp³-hybridized carbons (Fsp3) is 0.0227. The van der Waals surface area contributed by atoms with E-state index in [0.717, 1.165) is 15.6 Å². The summed E-state index contributed by atoms with van der Waals surface area (Å²) in [7, 11) is 0. The Labute approximate surface area is 271 Å². The van der Waals surface area contributed by atoms with E-state index in [0.29, 0.717) is 0 Å². The molecule has 0 N–H and O–H groups in total. The molecule has 212 valence electrons. The molecule has 7 aromatic carbocycles. The number of hydrogen-bond donors (Lipinski definition) is 0. The lowest BCUT2D eigenvalue weighted by molar-refractivity contribution is 0.794. The fourth-order valence-electron chi connectivity index (χ4n) is 8.28. The van der Waals surface area contributed by atoms with Crippen LogP contribution in [-0.2, 0) is 5.41 Å². The number of thiophene rings is 1. The van der Waals surface area contributed by atoms with Gasteiger partial charge in [-0.2, -0.15) is 5.26 Å². The van der Waals surface area contributed by atoms with Crippen LogP contribution >= 0.6 is 11.3 Å². The van der Waals surface area contributed by atoms with Gasteiger partial charge >= 0.3 is 0 Å². The van der Waals surface area contributed by atoms with Crippen LogP contribution in [-0.4, -0.2) is 0 Å². The number of nitrogens with zero attached hydrogens (tertiary/aromatic N) is 1. The summed E-state index contributed by atoms with van der Waals surface area (Å²) in [5, 5.41) is 12.1. The number of hydrogen-bond acceptors (Lipinski definition) is 2. The molecule has 0 bridgehead atoms. The minimum absolute atomic E-state index is 0.353. The zero-order valence-corrected chi connectivity index (χ0v) is 25.6. The molecule has 0 amide bonds. The Balaban J connectivity index is 1.19. The molecule has 0 fully saturated rings. The first-order valence-corrected chi connectivity index (χ1v) is 16.5. The Morgan fingerprint density at radius 2 is 0.935 bits per heavy atom. The van der Waals surface area contributed by atoms with Crippen molar-refractivity contribution >= 4 is 31.5 Å².